The number of nitrogens with one attached hydrogen (secondary N) is 2. The predicted octanol–water partition coefficient (Wildman–Crippen LogP) is 2.24. The van der Waals surface area contributed by atoms with Crippen molar-refractivity contribution in [3.63, 3.8) is 0 Å². The van der Waals surface area contributed by atoms with Crippen LogP contribution in [0.5, 0.6) is 0 Å². The Morgan fingerprint density at radius 1 is 1.26 bits per heavy atom. The molecule has 0 aromatic heterocycles. The van der Waals surface area contributed by atoms with Crippen molar-refractivity contribution >= 4 is 34.0 Å². The number of nitrogens with zero attached hydrogens (tertiary/aromatic N) is 1. The van der Waals surface area contributed by atoms with Crippen molar-refractivity contribution in [2.75, 3.05) is 39.2 Å². The fraction of sp³-hybridized carbons (Fsp3) is 0.611. The highest BCUT2D eigenvalue weighted by molar-refractivity contribution is 7.89. The van der Waals surface area contributed by atoms with E-state index in [1.54, 1.807) is 32.4 Å². The third-order valence-corrected chi connectivity index (χ3v) is 6.56. The number of carbonyl (C=O) groups excluding carboxylic acids is 1. The maximum Gasteiger partial charge on any atom is 0.243 e. The Morgan fingerprint density at radius 3 is 2.63 bits per heavy atom. The minimum atomic E-state index is -3.57. The molecule has 0 spiro atoms. The van der Waals surface area contributed by atoms with E-state index >= 15 is 0 Å². The van der Waals surface area contributed by atoms with Gasteiger partial charge in [0, 0.05) is 32.4 Å². The number of sulfonamides is 1. The van der Waals surface area contributed by atoms with Crippen molar-refractivity contribution in [3.05, 3.63) is 24.3 Å². The molecule has 0 bridgehead atoms. The van der Waals surface area contributed by atoms with Gasteiger partial charge in [0.1, 0.15) is 0 Å². The lowest BCUT2D eigenvalue weighted by Gasteiger charge is -2.30. The summed E-state index contributed by atoms with van der Waals surface area (Å²) in [6.07, 6.45) is 5.11. The van der Waals surface area contributed by atoms with Gasteiger partial charge in [0.05, 0.1) is 18.0 Å². The molecule has 9 heteroatoms. The third kappa shape index (κ3) is 7.04. The molecule has 27 heavy (non-hydrogen) atoms. The van der Waals surface area contributed by atoms with Crippen LogP contribution in [0.1, 0.15) is 32.1 Å². The van der Waals surface area contributed by atoms with Gasteiger partial charge in [-0.2, -0.15) is 4.31 Å². The summed E-state index contributed by atoms with van der Waals surface area (Å²) >= 11 is 0. The highest BCUT2D eigenvalue weighted by Crippen LogP contribution is 2.27. The van der Waals surface area contributed by atoms with Gasteiger partial charge in [0.25, 0.3) is 0 Å². The Labute approximate surface area is 168 Å². The zero-order valence-corrected chi connectivity index (χ0v) is 17.6. The summed E-state index contributed by atoms with van der Waals surface area (Å²) in [6.45, 7) is 1.24. The molecule has 1 amide bonds. The standard InChI is InChI=1S/C18H29N3O4S.ClH/c1-21(16-8-4-3-5-9-16)26(23,24)17-10-6-7-15(13-17)20-18(22)14-19-11-12-25-2;/h6-7,10,13,16,19H,3-5,8-9,11-12,14H2,1-2H3,(H,20,22);1H. The molecule has 0 unspecified atom stereocenters. The fourth-order valence-corrected chi connectivity index (χ4v) is 4.59. The number of hydrogen-bond donors (Lipinski definition) is 2. The van der Waals surface area contributed by atoms with Crippen molar-refractivity contribution in [2.24, 2.45) is 0 Å². The SMILES string of the molecule is COCCNCC(=O)Nc1cccc(S(=O)(=O)N(C)C2CCCCC2)c1.Cl. The first kappa shape index (κ1) is 23.8. The lowest BCUT2D eigenvalue weighted by molar-refractivity contribution is -0.115. The zero-order valence-electron chi connectivity index (χ0n) is 15.9. The Morgan fingerprint density at radius 2 is 1.96 bits per heavy atom. The fourth-order valence-electron chi connectivity index (χ4n) is 3.12. The number of halogens is 1. The molecule has 0 saturated heterocycles. The maximum absolute atomic E-state index is 12.9. The third-order valence-electron chi connectivity index (χ3n) is 4.65. The molecule has 0 aliphatic heterocycles. The van der Waals surface area contributed by atoms with Gasteiger partial charge >= 0.3 is 0 Å². The number of carbonyl (C=O) groups is 1. The molecule has 1 saturated carbocycles. The molecule has 1 aliphatic carbocycles. The lowest BCUT2D eigenvalue weighted by atomic mass is 9.96. The Bertz CT molecular complexity index is 694. The van der Waals surface area contributed by atoms with Crippen LogP contribution in [0.15, 0.2) is 29.2 Å². The first-order valence-corrected chi connectivity index (χ1v) is 10.5. The normalized spacial score (nSPS) is 15.4. The molecule has 1 aromatic carbocycles. The summed E-state index contributed by atoms with van der Waals surface area (Å²) in [4.78, 5) is 12.1. The van der Waals surface area contributed by atoms with Crippen molar-refractivity contribution in [2.45, 2.75) is 43.0 Å². The van der Waals surface area contributed by atoms with Gasteiger partial charge in [-0.3, -0.25) is 4.79 Å². The minimum absolute atomic E-state index is 0. The molecule has 0 atom stereocenters. The van der Waals surface area contributed by atoms with Crippen LogP contribution < -0.4 is 10.6 Å². The molecule has 1 aromatic rings. The highest BCUT2D eigenvalue weighted by Gasteiger charge is 2.29. The van der Waals surface area contributed by atoms with Crippen molar-refractivity contribution < 1.29 is 17.9 Å². The van der Waals surface area contributed by atoms with E-state index in [1.165, 1.54) is 16.8 Å². The van der Waals surface area contributed by atoms with Crippen molar-refractivity contribution in [1.29, 1.82) is 0 Å². The van der Waals surface area contributed by atoms with E-state index in [9.17, 15) is 13.2 Å². The van der Waals surface area contributed by atoms with Gasteiger partial charge in [-0.1, -0.05) is 25.3 Å². The lowest BCUT2D eigenvalue weighted by Crippen LogP contribution is -2.38. The van der Waals surface area contributed by atoms with Crippen LogP contribution in [0.3, 0.4) is 0 Å². The topological polar surface area (TPSA) is 87.7 Å². The van der Waals surface area contributed by atoms with Crippen molar-refractivity contribution in [1.82, 2.24) is 9.62 Å². The number of anilines is 1. The van der Waals surface area contributed by atoms with E-state index in [4.69, 9.17) is 4.74 Å². The van der Waals surface area contributed by atoms with Crippen LogP contribution in [0.2, 0.25) is 0 Å². The Balaban J connectivity index is 0.00000364. The van der Waals surface area contributed by atoms with Crippen molar-refractivity contribution in [3.8, 4) is 0 Å². The second kappa shape index (κ2) is 11.6. The first-order chi connectivity index (χ1) is 12.4. The van der Waals surface area contributed by atoms with Crippen LogP contribution >= 0.6 is 12.4 Å². The molecular weight excluding hydrogens is 390 g/mol. The van der Waals surface area contributed by atoms with Crippen LogP contribution in [0.25, 0.3) is 0 Å². The van der Waals surface area contributed by atoms with Crippen LogP contribution in [0.4, 0.5) is 5.69 Å². The van der Waals surface area contributed by atoms with Gasteiger partial charge in [0.15, 0.2) is 0 Å². The quantitative estimate of drug-likeness (QED) is 0.599. The van der Waals surface area contributed by atoms with E-state index in [0.717, 1.165) is 25.7 Å². The first-order valence-electron chi connectivity index (χ1n) is 9.03. The number of amides is 1. The average Bonchev–Trinajstić information content (AvgIpc) is 2.65. The van der Waals surface area contributed by atoms with Crippen LogP contribution in [-0.2, 0) is 19.6 Å². The van der Waals surface area contributed by atoms with E-state index in [2.05, 4.69) is 10.6 Å². The maximum atomic E-state index is 12.9. The van der Waals surface area contributed by atoms with Gasteiger partial charge in [0.2, 0.25) is 15.9 Å². The Hall–Kier alpha value is -1.19. The largest absolute Gasteiger partial charge is 0.383 e. The second-order valence-electron chi connectivity index (χ2n) is 6.56. The average molecular weight is 420 g/mol. The molecule has 154 valence electrons. The number of benzene rings is 1. The summed E-state index contributed by atoms with van der Waals surface area (Å²) in [5.41, 5.74) is 0.474. The molecule has 0 radical (unpaired) electrons. The summed E-state index contributed by atoms with van der Waals surface area (Å²) in [5.74, 6) is -0.226. The monoisotopic (exact) mass is 419 g/mol. The van der Waals surface area contributed by atoms with Crippen LogP contribution in [0, 0.1) is 0 Å². The molecule has 1 fully saturated rings. The molecule has 7 nitrogen and oxygen atoms in total. The van der Waals surface area contributed by atoms with Gasteiger partial charge in [-0.15, -0.1) is 12.4 Å². The minimum Gasteiger partial charge on any atom is -0.383 e. The molecular formula is C18H30ClN3O4S. The summed E-state index contributed by atoms with van der Waals surface area (Å²) < 4.78 is 32.2. The smallest absolute Gasteiger partial charge is 0.243 e. The number of rotatable bonds is 9. The van der Waals surface area contributed by atoms with E-state index in [0.29, 0.717) is 18.8 Å². The summed E-state index contributed by atoms with van der Waals surface area (Å²) in [6, 6.07) is 6.47. The number of ether oxygens (including phenoxy) is 1. The zero-order chi connectivity index (χ0) is 19.0. The number of hydrogen-bond acceptors (Lipinski definition) is 5. The van der Waals surface area contributed by atoms with E-state index < -0.39 is 10.0 Å². The number of methoxy groups -OCH3 is 1. The van der Waals surface area contributed by atoms with Gasteiger partial charge in [-0.05, 0) is 31.0 Å². The molecule has 2 rings (SSSR count). The highest BCUT2D eigenvalue weighted by atomic mass is 35.5. The molecule has 1 aliphatic rings. The molecule has 2 N–H and O–H groups in total. The second-order valence-corrected chi connectivity index (χ2v) is 8.56. The van der Waals surface area contributed by atoms with E-state index in [-0.39, 0.29) is 35.8 Å². The predicted molar refractivity (Wildman–Crippen MR) is 109 cm³/mol. The van der Waals surface area contributed by atoms with E-state index in [1.807, 2.05) is 0 Å². The van der Waals surface area contributed by atoms with Crippen LogP contribution in [-0.4, -0.2) is 58.5 Å². The summed E-state index contributed by atoms with van der Waals surface area (Å²) in [7, 11) is -0.327. The summed E-state index contributed by atoms with van der Waals surface area (Å²) in [5, 5.41) is 5.67. The van der Waals surface area contributed by atoms with Gasteiger partial charge < -0.3 is 15.4 Å². The molecule has 0 heterocycles. The van der Waals surface area contributed by atoms with Gasteiger partial charge in [-0.25, -0.2) is 8.42 Å². The Kier molecular flexibility index (Phi) is 10.3.